The molecule has 3 aromatic rings. The predicted molar refractivity (Wildman–Crippen MR) is 78.4 cm³/mol. The van der Waals surface area contributed by atoms with Crippen molar-refractivity contribution in [2.45, 2.75) is 19.1 Å². The third-order valence-electron chi connectivity index (χ3n) is 3.33. The van der Waals surface area contributed by atoms with Crippen molar-refractivity contribution >= 4 is 16.9 Å². The number of hydrogen-bond donors (Lipinski definition) is 1. The number of carboxylic acids is 1. The van der Waals surface area contributed by atoms with Crippen molar-refractivity contribution in [1.82, 2.24) is 19.7 Å². The maximum Gasteiger partial charge on any atom is 0.390 e. The molecule has 0 aromatic carbocycles. The zero-order valence-electron chi connectivity index (χ0n) is 12.2. The molecule has 24 heavy (non-hydrogen) atoms. The number of rotatable bonds is 4. The molecule has 0 amide bonds. The number of hydrogen-bond acceptors (Lipinski definition) is 4. The molecule has 3 rings (SSSR count). The smallest absolute Gasteiger partial charge is 0.390 e. The SMILES string of the molecule is O=C(O)c1ccnc(-c2cc3cn(CCC(F)(F)F)nc3cn2)c1. The van der Waals surface area contributed by atoms with Gasteiger partial charge in [-0.15, -0.1) is 0 Å². The zero-order chi connectivity index (χ0) is 17.3. The molecule has 0 bridgehead atoms. The Morgan fingerprint density at radius 2 is 1.96 bits per heavy atom. The van der Waals surface area contributed by atoms with Crippen molar-refractivity contribution in [2.24, 2.45) is 0 Å². The van der Waals surface area contributed by atoms with Gasteiger partial charge in [0.25, 0.3) is 0 Å². The molecular formula is C15H11F3N4O2. The van der Waals surface area contributed by atoms with Crippen LogP contribution in [0.25, 0.3) is 22.3 Å². The number of aryl methyl sites for hydroxylation is 1. The number of pyridine rings is 2. The number of aromatic nitrogens is 4. The summed E-state index contributed by atoms with van der Waals surface area (Å²) in [4.78, 5) is 19.2. The molecule has 1 N–H and O–H groups in total. The second-order valence-corrected chi connectivity index (χ2v) is 5.12. The molecule has 6 nitrogen and oxygen atoms in total. The summed E-state index contributed by atoms with van der Waals surface area (Å²) >= 11 is 0. The Labute approximate surface area is 133 Å². The fraction of sp³-hybridized carbons (Fsp3) is 0.200. The molecule has 0 unspecified atom stereocenters. The van der Waals surface area contributed by atoms with Crippen LogP contribution in [0.4, 0.5) is 13.2 Å². The molecule has 0 aliphatic heterocycles. The van der Waals surface area contributed by atoms with Crippen molar-refractivity contribution < 1.29 is 23.1 Å². The first-order chi connectivity index (χ1) is 11.3. The number of nitrogens with zero attached hydrogens (tertiary/aromatic N) is 4. The van der Waals surface area contributed by atoms with Crippen molar-refractivity contribution in [1.29, 1.82) is 0 Å². The van der Waals surface area contributed by atoms with Crippen molar-refractivity contribution in [3.63, 3.8) is 0 Å². The zero-order valence-corrected chi connectivity index (χ0v) is 12.2. The van der Waals surface area contributed by atoms with Crippen LogP contribution in [0.5, 0.6) is 0 Å². The lowest BCUT2D eigenvalue weighted by molar-refractivity contribution is -0.137. The Hall–Kier alpha value is -2.97. The van der Waals surface area contributed by atoms with E-state index in [9.17, 15) is 18.0 Å². The van der Waals surface area contributed by atoms with Crippen LogP contribution in [0, 0.1) is 0 Å². The fourth-order valence-electron chi connectivity index (χ4n) is 2.18. The highest BCUT2D eigenvalue weighted by Crippen LogP contribution is 2.23. The van der Waals surface area contributed by atoms with Crippen LogP contribution in [0.1, 0.15) is 16.8 Å². The highest BCUT2D eigenvalue weighted by molar-refractivity contribution is 5.89. The maximum absolute atomic E-state index is 12.3. The largest absolute Gasteiger partial charge is 0.478 e. The fourth-order valence-corrected chi connectivity index (χ4v) is 2.18. The van der Waals surface area contributed by atoms with Gasteiger partial charge in [-0.05, 0) is 18.2 Å². The van der Waals surface area contributed by atoms with Crippen LogP contribution in [0.15, 0.2) is 36.8 Å². The highest BCUT2D eigenvalue weighted by Gasteiger charge is 2.26. The standard InChI is InChI=1S/C15H11F3N4O2/c16-15(17,18)2-4-22-8-10-6-12(20-7-13(10)21-22)11-5-9(14(23)24)1-3-19-11/h1,3,5-8H,2,4H2,(H,23,24). The molecule has 0 atom stereocenters. The van der Waals surface area contributed by atoms with E-state index in [1.165, 1.54) is 35.4 Å². The first-order valence-electron chi connectivity index (χ1n) is 6.91. The maximum atomic E-state index is 12.3. The van der Waals surface area contributed by atoms with E-state index < -0.39 is 18.6 Å². The summed E-state index contributed by atoms with van der Waals surface area (Å²) in [6, 6.07) is 4.35. The van der Waals surface area contributed by atoms with Gasteiger partial charge in [0.05, 0.1) is 29.6 Å². The Morgan fingerprint density at radius 3 is 2.67 bits per heavy atom. The van der Waals surface area contributed by atoms with E-state index in [0.717, 1.165) is 0 Å². The summed E-state index contributed by atoms with van der Waals surface area (Å²) in [6.07, 6.45) is -0.944. The summed E-state index contributed by atoms with van der Waals surface area (Å²) < 4.78 is 38.0. The van der Waals surface area contributed by atoms with Crippen LogP contribution in [-0.4, -0.2) is 37.0 Å². The molecule has 3 heterocycles. The van der Waals surface area contributed by atoms with E-state index in [0.29, 0.717) is 22.3 Å². The Balaban J connectivity index is 1.91. The van der Waals surface area contributed by atoms with Gasteiger partial charge < -0.3 is 5.11 Å². The molecule has 0 spiro atoms. The molecule has 0 aliphatic carbocycles. The van der Waals surface area contributed by atoms with Gasteiger partial charge in [0.1, 0.15) is 5.52 Å². The van der Waals surface area contributed by atoms with Crippen LogP contribution >= 0.6 is 0 Å². The number of alkyl halides is 3. The monoisotopic (exact) mass is 336 g/mol. The Bertz CT molecular complexity index is 905. The Morgan fingerprint density at radius 1 is 1.21 bits per heavy atom. The van der Waals surface area contributed by atoms with Crippen LogP contribution in [0.2, 0.25) is 0 Å². The van der Waals surface area contributed by atoms with Crippen LogP contribution in [0.3, 0.4) is 0 Å². The molecule has 0 saturated carbocycles. The molecule has 9 heteroatoms. The number of halogens is 3. The van der Waals surface area contributed by atoms with E-state index in [1.807, 2.05) is 0 Å². The highest BCUT2D eigenvalue weighted by atomic mass is 19.4. The molecule has 124 valence electrons. The summed E-state index contributed by atoms with van der Waals surface area (Å²) in [5.74, 6) is -1.08. The Kier molecular flexibility index (Phi) is 3.92. The topological polar surface area (TPSA) is 80.9 Å². The number of aromatic carboxylic acids is 1. The van der Waals surface area contributed by atoms with E-state index in [1.54, 1.807) is 6.07 Å². The minimum atomic E-state index is -4.25. The molecule has 0 fully saturated rings. The van der Waals surface area contributed by atoms with Gasteiger partial charge in [0.2, 0.25) is 0 Å². The van der Waals surface area contributed by atoms with Crippen LogP contribution in [-0.2, 0) is 6.54 Å². The molecular weight excluding hydrogens is 325 g/mol. The van der Waals surface area contributed by atoms with E-state index in [-0.39, 0.29) is 12.1 Å². The van der Waals surface area contributed by atoms with Crippen molar-refractivity contribution in [2.75, 3.05) is 0 Å². The summed E-state index contributed by atoms with van der Waals surface area (Å²) in [6.45, 7) is -0.278. The molecule has 0 aliphatic rings. The third-order valence-corrected chi connectivity index (χ3v) is 3.33. The average molecular weight is 336 g/mol. The van der Waals surface area contributed by atoms with E-state index in [2.05, 4.69) is 15.1 Å². The summed E-state index contributed by atoms with van der Waals surface area (Å²) in [5, 5.41) is 13.6. The molecule has 0 radical (unpaired) electrons. The van der Waals surface area contributed by atoms with Gasteiger partial charge in [-0.3, -0.25) is 14.6 Å². The van der Waals surface area contributed by atoms with Gasteiger partial charge in [-0.1, -0.05) is 0 Å². The van der Waals surface area contributed by atoms with Crippen molar-refractivity contribution in [3.05, 3.63) is 42.4 Å². The second-order valence-electron chi connectivity index (χ2n) is 5.12. The average Bonchev–Trinajstić information content (AvgIpc) is 2.94. The van der Waals surface area contributed by atoms with Gasteiger partial charge in [0, 0.05) is 24.3 Å². The van der Waals surface area contributed by atoms with Crippen molar-refractivity contribution in [3.8, 4) is 11.4 Å². The first kappa shape index (κ1) is 15.9. The lowest BCUT2D eigenvalue weighted by Gasteiger charge is -2.05. The van der Waals surface area contributed by atoms with Gasteiger partial charge >= 0.3 is 12.1 Å². The molecule has 0 saturated heterocycles. The minimum absolute atomic E-state index is 0.0720. The predicted octanol–water partition coefficient (Wildman–Crippen LogP) is 3.14. The van der Waals surface area contributed by atoms with Crippen LogP contribution < -0.4 is 0 Å². The quantitative estimate of drug-likeness (QED) is 0.791. The lowest BCUT2D eigenvalue weighted by Crippen LogP contribution is -2.12. The number of fused-ring (bicyclic) bond motifs is 1. The van der Waals surface area contributed by atoms with Gasteiger partial charge in [0.15, 0.2) is 0 Å². The van der Waals surface area contributed by atoms with E-state index in [4.69, 9.17) is 5.11 Å². The number of carbonyl (C=O) groups is 1. The summed E-state index contributed by atoms with van der Waals surface area (Å²) in [5.41, 5.74) is 1.30. The summed E-state index contributed by atoms with van der Waals surface area (Å²) in [7, 11) is 0. The number of carboxylic acid groups (broad SMARTS) is 1. The second kappa shape index (κ2) is 5.91. The first-order valence-corrected chi connectivity index (χ1v) is 6.91. The normalized spacial score (nSPS) is 11.8. The van der Waals surface area contributed by atoms with Gasteiger partial charge in [-0.2, -0.15) is 18.3 Å². The third kappa shape index (κ3) is 3.50. The minimum Gasteiger partial charge on any atom is -0.478 e. The molecule has 3 aromatic heterocycles. The van der Waals surface area contributed by atoms with E-state index >= 15 is 0 Å². The lowest BCUT2D eigenvalue weighted by atomic mass is 10.1. The van der Waals surface area contributed by atoms with Gasteiger partial charge in [-0.25, -0.2) is 4.79 Å².